The third-order valence-electron chi connectivity index (χ3n) is 4.55. The molecular weight excluding hydrogens is 398 g/mol. The van der Waals surface area contributed by atoms with Crippen LogP contribution in [0.5, 0.6) is 5.75 Å². The van der Waals surface area contributed by atoms with Crippen molar-refractivity contribution >= 4 is 40.8 Å². The number of carbonyl (C=O) groups is 4. The topological polar surface area (TPSA) is 114 Å². The summed E-state index contributed by atoms with van der Waals surface area (Å²) >= 11 is 1.11. The molecule has 3 rings (SSSR count). The van der Waals surface area contributed by atoms with Gasteiger partial charge in [-0.3, -0.25) is 14.5 Å². The van der Waals surface area contributed by atoms with E-state index < -0.39 is 35.9 Å². The first-order valence-corrected chi connectivity index (χ1v) is 9.42. The zero-order valence-electron chi connectivity index (χ0n) is 16.0. The van der Waals surface area contributed by atoms with Crippen LogP contribution in [0.1, 0.15) is 22.2 Å². The van der Waals surface area contributed by atoms with Crippen LogP contribution in [0.25, 0.3) is 0 Å². The van der Waals surface area contributed by atoms with E-state index in [0.29, 0.717) is 11.3 Å². The molecule has 0 aliphatic carbocycles. The van der Waals surface area contributed by atoms with Gasteiger partial charge in [0.2, 0.25) is 5.91 Å². The molecule has 9 nitrogen and oxygen atoms in total. The van der Waals surface area contributed by atoms with Gasteiger partial charge in [0, 0.05) is 0 Å². The van der Waals surface area contributed by atoms with E-state index in [9.17, 15) is 19.2 Å². The van der Waals surface area contributed by atoms with Crippen molar-refractivity contribution in [3.63, 3.8) is 0 Å². The Morgan fingerprint density at radius 3 is 2.48 bits per heavy atom. The molecule has 2 N–H and O–H groups in total. The molecule has 0 bridgehead atoms. The first-order chi connectivity index (χ1) is 13.8. The summed E-state index contributed by atoms with van der Waals surface area (Å²) in [6.45, 7) is 1.08. The number of hydrogen-bond donors (Lipinski definition) is 2. The number of nitrogens with zero attached hydrogens (tertiary/aromatic N) is 1. The number of benzene rings is 1. The van der Waals surface area contributed by atoms with Crippen LogP contribution in [-0.2, 0) is 19.9 Å². The Morgan fingerprint density at radius 1 is 1.17 bits per heavy atom. The van der Waals surface area contributed by atoms with E-state index in [1.54, 1.807) is 42.6 Å². The molecule has 1 aliphatic rings. The highest BCUT2D eigenvalue weighted by molar-refractivity contribution is 7.12. The van der Waals surface area contributed by atoms with Crippen molar-refractivity contribution in [2.45, 2.75) is 12.5 Å². The van der Waals surface area contributed by atoms with E-state index in [4.69, 9.17) is 4.74 Å². The lowest BCUT2D eigenvalue weighted by atomic mass is 9.92. The molecule has 152 valence electrons. The molecule has 4 amide bonds. The minimum absolute atomic E-state index is 0.223. The van der Waals surface area contributed by atoms with Gasteiger partial charge in [-0.05, 0) is 36.1 Å². The number of thiophene rings is 1. The van der Waals surface area contributed by atoms with Gasteiger partial charge < -0.3 is 20.1 Å². The summed E-state index contributed by atoms with van der Waals surface area (Å²) in [5, 5.41) is 6.79. The van der Waals surface area contributed by atoms with E-state index in [0.717, 1.165) is 16.2 Å². The number of urea groups is 1. The number of anilines is 1. The second-order valence-electron chi connectivity index (χ2n) is 6.38. The Hall–Kier alpha value is -3.40. The van der Waals surface area contributed by atoms with Crippen LogP contribution >= 0.6 is 11.3 Å². The average Bonchev–Trinajstić information content (AvgIpc) is 3.26. The number of carbonyl (C=O) groups excluding carboxylic acids is 4. The van der Waals surface area contributed by atoms with Crippen LogP contribution in [-0.4, -0.2) is 49.5 Å². The van der Waals surface area contributed by atoms with Gasteiger partial charge in [-0.2, -0.15) is 0 Å². The fourth-order valence-corrected chi connectivity index (χ4v) is 3.72. The smallest absolute Gasteiger partial charge is 0.350 e. The van der Waals surface area contributed by atoms with Crippen LogP contribution < -0.4 is 15.4 Å². The minimum Gasteiger partial charge on any atom is -0.497 e. The summed E-state index contributed by atoms with van der Waals surface area (Å²) < 4.78 is 9.76. The molecule has 2 heterocycles. The number of hydrogen-bond acceptors (Lipinski definition) is 7. The highest BCUT2D eigenvalue weighted by Crippen LogP contribution is 2.30. The van der Waals surface area contributed by atoms with Crippen LogP contribution in [0.3, 0.4) is 0 Å². The summed E-state index contributed by atoms with van der Waals surface area (Å²) in [6, 6.07) is 7.58. The average molecular weight is 417 g/mol. The third-order valence-corrected chi connectivity index (χ3v) is 5.45. The Labute approximate surface area is 170 Å². The van der Waals surface area contributed by atoms with Crippen molar-refractivity contribution in [3.8, 4) is 5.75 Å². The first kappa shape index (κ1) is 20.3. The first-order valence-electron chi connectivity index (χ1n) is 8.54. The number of amides is 4. The molecule has 10 heteroatoms. The molecule has 1 fully saturated rings. The number of rotatable bonds is 6. The minimum atomic E-state index is -1.30. The Balaban J connectivity index is 1.74. The summed E-state index contributed by atoms with van der Waals surface area (Å²) in [7, 11) is 2.76. The van der Waals surface area contributed by atoms with Crippen LogP contribution in [0.4, 0.5) is 10.5 Å². The second kappa shape index (κ2) is 7.92. The van der Waals surface area contributed by atoms with Gasteiger partial charge in [-0.15, -0.1) is 11.3 Å². The molecule has 1 aromatic heterocycles. The van der Waals surface area contributed by atoms with Gasteiger partial charge in [-0.1, -0.05) is 12.1 Å². The largest absolute Gasteiger partial charge is 0.497 e. The molecule has 1 atom stereocenters. The molecule has 0 unspecified atom stereocenters. The lowest BCUT2D eigenvalue weighted by molar-refractivity contribution is -0.133. The molecule has 0 radical (unpaired) electrons. The van der Waals surface area contributed by atoms with E-state index in [1.165, 1.54) is 14.2 Å². The van der Waals surface area contributed by atoms with Crippen molar-refractivity contribution in [2.24, 2.45) is 0 Å². The summed E-state index contributed by atoms with van der Waals surface area (Å²) in [6.07, 6.45) is 0. The SMILES string of the molecule is COC(=O)c1sccc1NC(=O)CN1C(=O)N[C@@](C)(c2ccc(OC)cc2)C1=O. The molecule has 1 aliphatic heterocycles. The number of esters is 1. The van der Waals surface area contributed by atoms with E-state index >= 15 is 0 Å². The van der Waals surface area contributed by atoms with Crippen LogP contribution in [0.15, 0.2) is 35.7 Å². The van der Waals surface area contributed by atoms with E-state index in [1.807, 2.05) is 0 Å². The normalized spacial score (nSPS) is 18.4. The predicted molar refractivity (Wildman–Crippen MR) is 105 cm³/mol. The molecule has 29 heavy (non-hydrogen) atoms. The maximum Gasteiger partial charge on any atom is 0.350 e. The van der Waals surface area contributed by atoms with Gasteiger partial charge in [0.25, 0.3) is 5.91 Å². The summed E-state index contributed by atoms with van der Waals surface area (Å²) in [5.41, 5.74) is -0.481. The maximum atomic E-state index is 12.9. The Bertz CT molecular complexity index is 971. The predicted octanol–water partition coefficient (Wildman–Crippen LogP) is 1.95. The molecule has 1 aromatic carbocycles. The molecule has 2 aromatic rings. The monoisotopic (exact) mass is 417 g/mol. The highest BCUT2D eigenvalue weighted by Gasteiger charge is 2.49. The van der Waals surface area contributed by atoms with Crippen molar-refractivity contribution in [1.29, 1.82) is 0 Å². The van der Waals surface area contributed by atoms with Crippen LogP contribution in [0.2, 0.25) is 0 Å². The van der Waals surface area contributed by atoms with Crippen molar-refractivity contribution in [2.75, 3.05) is 26.1 Å². The zero-order chi connectivity index (χ0) is 21.2. The van der Waals surface area contributed by atoms with Crippen molar-refractivity contribution in [1.82, 2.24) is 10.2 Å². The van der Waals surface area contributed by atoms with Crippen LogP contribution in [0, 0.1) is 0 Å². The summed E-state index contributed by atoms with van der Waals surface area (Å²) in [5.74, 6) is -1.14. The lowest BCUT2D eigenvalue weighted by Gasteiger charge is -2.22. The van der Waals surface area contributed by atoms with Crippen molar-refractivity contribution in [3.05, 3.63) is 46.2 Å². The quantitative estimate of drug-likeness (QED) is 0.549. The number of nitrogens with one attached hydrogen (secondary N) is 2. The molecule has 0 spiro atoms. The van der Waals surface area contributed by atoms with Gasteiger partial charge in [-0.25, -0.2) is 9.59 Å². The second-order valence-corrected chi connectivity index (χ2v) is 7.29. The number of ether oxygens (including phenoxy) is 2. The maximum absolute atomic E-state index is 12.9. The van der Waals surface area contributed by atoms with E-state index in [2.05, 4.69) is 15.4 Å². The van der Waals surface area contributed by atoms with Gasteiger partial charge in [0.1, 0.15) is 22.7 Å². The highest BCUT2D eigenvalue weighted by atomic mass is 32.1. The summed E-state index contributed by atoms with van der Waals surface area (Å²) in [4.78, 5) is 50.5. The fourth-order valence-electron chi connectivity index (χ4n) is 2.95. The molecule has 0 saturated carbocycles. The van der Waals surface area contributed by atoms with Gasteiger partial charge in [0.05, 0.1) is 19.9 Å². The Kier molecular flexibility index (Phi) is 5.55. The zero-order valence-corrected chi connectivity index (χ0v) is 16.8. The number of imide groups is 1. The van der Waals surface area contributed by atoms with Crippen molar-refractivity contribution < 1.29 is 28.7 Å². The lowest BCUT2D eigenvalue weighted by Crippen LogP contribution is -2.42. The van der Waals surface area contributed by atoms with Gasteiger partial charge >= 0.3 is 12.0 Å². The standard InChI is InChI=1S/C19H19N3O6S/c1-19(11-4-6-12(27-2)7-5-11)17(25)22(18(26)21-19)10-14(23)20-13-8-9-29-15(13)16(24)28-3/h4-9H,10H2,1-3H3,(H,20,23)(H,21,26)/t19-/m0/s1. The fraction of sp³-hybridized carbons (Fsp3) is 0.263. The van der Waals surface area contributed by atoms with Gasteiger partial charge in [0.15, 0.2) is 0 Å². The number of methoxy groups -OCH3 is 2. The Morgan fingerprint density at radius 2 is 1.86 bits per heavy atom. The third kappa shape index (κ3) is 3.79. The van der Waals surface area contributed by atoms with E-state index in [-0.39, 0.29) is 10.6 Å². The molecule has 1 saturated heterocycles. The molecular formula is C19H19N3O6S.